The van der Waals surface area contributed by atoms with Gasteiger partial charge in [0.2, 0.25) is 0 Å². The third kappa shape index (κ3) is 3.76. The largest absolute Gasteiger partial charge is 0.393 e. The molecule has 2 rings (SSSR count). The van der Waals surface area contributed by atoms with E-state index >= 15 is 0 Å². The SMILES string of the molecule is Cc1cc(C)cc(N(C)CC2CC(C)(C)CCC2O)c1. The van der Waals surface area contributed by atoms with Crippen LogP contribution in [0.1, 0.15) is 44.2 Å². The molecule has 1 N–H and O–H groups in total. The van der Waals surface area contributed by atoms with Crippen LogP contribution in [0.4, 0.5) is 5.69 Å². The molecule has 0 amide bonds. The number of aryl methyl sites for hydroxylation is 2. The van der Waals surface area contributed by atoms with Crippen molar-refractivity contribution >= 4 is 5.69 Å². The van der Waals surface area contributed by atoms with E-state index < -0.39 is 0 Å². The number of nitrogens with zero attached hydrogens (tertiary/aromatic N) is 1. The van der Waals surface area contributed by atoms with Crippen LogP contribution in [0.15, 0.2) is 18.2 Å². The molecule has 1 aliphatic carbocycles. The highest BCUT2D eigenvalue weighted by atomic mass is 16.3. The maximum absolute atomic E-state index is 10.3. The lowest BCUT2D eigenvalue weighted by Gasteiger charge is -2.40. The van der Waals surface area contributed by atoms with Gasteiger partial charge in [0, 0.05) is 25.2 Å². The van der Waals surface area contributed by atoms with E-state index in [0.29, 0.717) is 11.3 Å². The summed E-state index contributed by atoms with van der Waals surface area (Å²) in [6.45, 7) is 9.87. The van der Waals surface area contributed by atoms with Crippen molar-refractivity contribution in [2.24, 2.45) is 11.3 Å². The van der Waals surface area contributed by atoms with Gasteiger partial charge in [0.25, 0.3) is 0 Å². The van der Waals surface area contributed by atoms with E-state index in [4.69, 9.17) is 0 Å². The minimum absolute atomic E-state index is 0.142. The lowest BCUT2D eigenvalue weighted by Crippen LogP contribution is -2.40. The zero-order valence-electron chi connectivity index (χ0n) is 13.6. The average molecular weight is 275 g/mol. The molecule has 2 nitrogen and oxygen atoms in total. The fourth-order valence-corrected chi connectivity index (χ4v) is 3.54. The van der Waals surface area contributed by atoms with Crippen LogP contribution in [-0.2, 0) is 0 Å². The molecule has 1 aromatic rings. The Morgan fingerprint density at radius 3 is 2.40 bits per heavy atom. The van der Waals surface area contributed by atoms with Gasteiger partial charge in [-0.3, -0.25) is 0 Å². The third-order valence-corrected chi connectivity index (χ3v) is 4.63. The van der Waals surface area contributed by atoms with Gasteiger partial charge in [0.05, 0.1) is 6.10 Å². The Kier molecular flexibility index (Phi) is 4.43. The monoisotopic (exact) mass is 275 g/mol. The smallest absolute Gasteiger partial charge is 0.0585 e. The third-order valence-electron chi connectivity index (χ3n) is 4.63. The maximum atomic E-state index is 10.3. The van der Waals surface area contributed by atoms with E-state index in [2.05, 4.69) is 57.8 Å². The van der Waals surface area contributed by atoms with Gasteiger partial charge in [-0.1, -0.05) is 19.9 Å². The molecule has 2 atom stereocenters. The van der Waals surface area contributed by atoms with Crippen LogP contribution in [0, 0.1) is 25.2 Å². The second-order valence-corrected chi connectivity index (χ2v) is 7.46. The predicted octanol–water partition coefficient (Wildman–Crippen LogP) is 3.93. The van der Waals surface area contributed by atoms with E-state index in [1.807, 2.05) is 0 Å². The van der Waals surface area contributed by atoms with Crippen molar-refractivity contribution in [1.82, 2.24) is 0 Å². The first kappa shape index (κ1) is 15.4. The van der Waals surface area contributed by atoms with Crippen molar-refractivity contribution in [3.05, 3.63) is 29.3 Å². The molecule has 0 spiro atoms. The summed E-state index contributed by atoms with van der Waals surface area (Å²) < 4.78 is 0. The molecule has 1 saturated carbocycles. The number of hydrogen-bond acceptors (Lipinski definition) is 2. The van der Waals surface area contributed by atoms with E-state index in [0.717, 1.165) is 25.8 Å². The van der Waals surface area contributed by atoms with Gasteiger partial charge < -0.3 is 10.0 Å². The van der Waals surface area contributed by atoms with Crippen molar-refractivity contribution in [2.45, 2.75) is 53.1 Å². The zero-order chi connectivity index (χ0) is 14.9. The van der Waals surface area contributed by atoms with Gasteiger partial charge in [-0.05, 0) is 61.8 Å². The summed E-state index contributed by atoms with van der Waals surface area (Å²) in [5.41, 5.74) is 4.23. The first-order valence-electron chi connectivity index (χ1n) is 7.74. The van der Waals surface area contributed by atoms with Crippen molar-refractivity contribution in [3.8, 4) is 0 Å². The number of anilines is 1. The molecule has 0 aliphatic heterocycles. The van der Waals surface area contributed by atoms with Gasteiger partial charge >= 0.3 is 0 Å². The van der Waals surface area contributed by atoms with Crippen LogP contribution in [0.5, 0.6) is 0 Å². The van der Waals surface area contributed by atoms with E-state index in [1.54, 1.807) is 0 Å². The van der Waals surface area contributed by atoms with Gasteiger partial charge in [0.1, 0.15) is 0 Å². The van der Waals surface area contributed by atoms with Gasteiger partial charge in [-0.25, -0.2) is 0 Å². The fourth-order valence-electron chi connectivity index (χ4n) is 3.54. The highest BCUT2D eigenvalue weighted by Gasteiger charge is 2.34. The van der Waals surface area contributed by atoms with Crippen molar-refractivity contribution in [3.63, 3.8) is 0 Å². The second-order valence-electron chi connectivity index (χ2n) is 7.46. The quantitative estimate of drug-likeness (QED) is 0.903. The topological polar surface area (TPSA) is 23.5 Å². The molecule has 20 heavy (non-hydrogen) atoms. The molecule has 2 heteroatoms. The van der Waals surface area contributed by atoms with Gasteiger partial charge in [-0.2, -0.15) is 0 Å². The molecule has 2 unspecified atom stereocenters. The highest BCUT2D eigenvalue weighted by Crippen LogP contribution is 2.39. The van der Waals surface area contributed by atoms with Crippen molar-refractivity contribution in [2.75, 3.05) is 18.5 Å². The summed E-state index contributed by atoms with van der Waals surface area (Å²) in [4.78, 5) is 2.30. The molecule has 1 aliphatic rings. The summed E-state index contributed by atoms with van der Waals surface area (Å²) in [7, 11) is 2.14. The van der Waals surface area contributed by atoms with E-state index in [1.165, 1.54) is 16.8 Å². The van der Waals surface area contributed by atoms with Crippen LogP contribution in [0.2, 0.25) is 0 Å². The molecular formula is C18H29NO. The van der Waals surface area contributed by atoms with E-state index in [-0.39, 0.29) is 6.10 Å². The molecular weight excluding hydrogens is 246 g/mol. The van der Waals surface area contributed by atoms with Crippen LogP contribution in [0.3, 0.4) is 0 Å². The first-order chi connectivity index (χ1) is 9.27. The molecule has 1 aromatic carbocycles. The number of benzene rings is 1. The summed E-state index contributed by atoms with van der Waals surface area (Å²) in [6, 6.07) is 6.66. The number of hydrogen-bond donors (Lipinski definition) is 1. The number of rotatable bonds is 3. The Hall–Kier alpha value is -1.02. The summed E-state index contributed by atoms with van der Waals surface area (Å²) >= 11 is 0. The average Bonchev–Trinajstić information content (AvgIpc) is 2.32. The Labute approximate surface area is 123 Å². The molecule has 0 aromatic heterocycles. The fraction of sp³-hybridized carbons (Fsp3) is 0.667. The number of aliphatic hydroxyl groups excluding tert-OH is 1. The molecule has 112 valence electrons. The Morgan fingerprint density at radius 1 is 1.20 bits per heavy atom. The zero-order valence-corrected chi connectivity index (χ0v) is 13.6. The highest BCUT2D eigenvalue weighted by molar-refractivity contribution is 5.50. The Balaban J connectivity index is 2.08. The minimum Gasteiger partial charge on any atom is -0.393 e. The normalized spacial score (nSPS) is 25.5. The molecule has 0 radical (unpaired) electrons. The molecule has 1 fully saturated rings. The van der Waals surface area contributed by atoms with Gasteiger partial charge in [-0.15, -0.1) is 0 Å². The lowest BCUT2D eigenvalue weighted by molar-refractivity contribution is 0.0254. The minimum atomic E-state index is -0.142. The number of aliphatic hydroxyl groups is 1. The van der Waals surface area contributed by atoms with Crippen LogP contribution >= 0.6 is 0 Å². The Morgan fingerprint density at radius 2 is 1.80 bits per heavy atom. The first-order valence-corrected chi connectivity index (χ1v) is 7.74. The summed E-state index contributed by atoms with van der Waals surface area (Å²) in [5.74, 6) is 0.379. The lowest BCUT2D eigenvalue weighted by atomic mass is 9.71. The maximum Gasteiger partial charge on any atom is 0.0585 e. The van der Waals surface area contributed by atoms with Gasteiger partial charge in [0.15, 0.2) is 0 Å². The Bertz CT molecular complexity index is 446. The summed E-state index contributed by atoms with van der Waals surface area (Å²) in [6.07, 6.45) is 3.05. The van der Waals surface area contributed by atoms with Crippen molar-refractivity contribution < 1.29 is 5.11 Å². The molecule has 0 bridgehead atoms. The predicted molar refractivity (Wildman–Crippen MR) is 86.3 cm³/mol. The summed E-state index contributed by atoms with van der Waals surface area (Å²) in [5, 5.41) is 10.3. The standard InChI is InChI=1S/C18H29NO/c1-13-8-14(2)10-16(9-13)19(5)12-15-11-18(3,4)7-6-17(15)20/h8-10,15,17,20H,6-7,11-12H2,1-5H3. The van der Waals surface area contributed by atoms with Crippen LogP contribution in [0.25, 0.3) is 0 Å². The van der Waals surface area contributed by atoms with Crippen molar-refractivity contribution in [1.29, 1.82) is 0 Å². The van der Waals surface area contributed by atoms with Crippen LogP contribution < -0.4 is 4.90 Å². The second kappa shape index (κ2) is 5.77. The molecule has 0 saturated heterocycles. The van der Waals surface area contributed by atoms with E-state index in [9.17, 15) is 5.11 Å². The molecule has 0 heterocycles. The van der Waals surface area contributed by atoms with Crippen LogP contribution in [-0.4, -0.2) is 24.8 Å².